The first-order valence-electron chi connectivity index (χ1n) is 17.9. The van der Waals surface area contributed by atoms with Gasteiger partial charge in [0, 0.05) is 24.2 Å². The first-order chi connectivity index (χ1) is 25.0. The Balaban J connectivity index is 1.39. The maximum Gasteiger partial charge on any atom is 0.407 e. The minimum Gasteiger partial charge on any atom is -0.467 e. The van der Waals surface area contributed by atoms with E-state index in [0.717, 1.165) is 22.4 Å². The van der Waals surface area contributed by atoms with Crippen molar-refractivity contribution >= 4 is 23.7 Å². The number of carbonyl (C=O) groups excluding carboxylic acids is 3. The first-order valence-corrected chi connectivity index (χ1v) is 17.9. The Labute approximate surface area is 305 Å². The topological polar surface area (TPSA) is 129 Å². The Bertz CT molecular complexity index is 1750. The first kappa shape index (κ1) is 36.6. The molecule has 0 saturated carbocycles. The molecule has 4 aromatic carbocycles. The zero-order valence-corrected chi connectivity index (χ0v) is 30.2. The molecule has 1 fully saturated rings. The van der Waals surface area contributed by atoms with Crippen LogP contribution in [0.15, 0.2) is 115 Å². The second-order valence-electron chi connectivity index (χ2n) is 14.5. The van der Waals surface area contributed by atoms with Crippen molar-refractivity contribution < 1.29 is 29.0 Å². The van der Waals surface area contributed by atoms with E-state index in [-0.39, 0.29) is 12.8 Å². The van der Waals surface area contributed by atoms with Gasteiger partial charge in [0.1, 0.15) is 23.4 Å². The minimum atomic E-state index is -1.45. The van der Waals surface area contributed by atoms with Crippen LogP contribution in [0.25, 0.3) is 0 Å². The number of ether oxygens (including phenoxy) is 2. The molecule has 0 unspecified atom stereocenters. The van der Waals surface area contributed by atoms with Gasteiger partial charge in [-0.3, -0.25) is 9.69 Å². The maximum absolute atomic E-state index is 14.9. The van der Waals surface area contributed by atoms with Gasteiger partial charge in [-0.1, -0.05) is 109 Å². The summed E-state index contributed by atoms with van der Waals surface area (Å²) >= 11 is 0. The van der Waals surface area contributed by atoms with E-state index in [1.54, 1.807) is 20.8 Å². The standard InChI is InChI=1S/C42H48N4O6/c1-40(2,3)52-39(49)43-27-17-16-26-34(37(48)51-4)44-36(47)35-28-41(50)32-24-14-15-25-33(32)45-38(41)46(35)42(29-18-8-5-9-19-29,30-20-10-6-11-21-30)31-22-12-7-13-23-31/h5-15,18-25,34-35,38,45,50H,16-17,26-28H2,1-4H3,(H,43,49)(H,44,47)/t34-,35-,38+,41-/m0/s1. The molecule has 10 heteroatoms. The van der Waals surface area contributed by atoms with Gasteiger partial charge in [0.05, 0.1) is 18.7 Å². The average Bonchev–Trinajstić information content (AvgIpc) is 3.60. The van der Waals surface area contributed by atoms with Gasteiger partial charge in [0.25, 0.3) is 0 Å². The van der Waals surface area contributed by atoms with Gasteiger partial charge >= 0.3 is 12.1 Å². The summed E-state index contributed by atoms with van der Waals surface area (Å²) in [4.78, 5) is 42.2. The number of nitrogens with zero attached hydrogens (tertiary/aromatic N) is 1. The molecule has 0 spiro atoms. The van der Waals surface area contributed by atoms with Crippen LogP contribution >= 0.6 is 0 Å². The molecule has 2 aliphatic rings. The second kappa shape index (κ2) is 15.2. The summed E-state index contributed by atoms with van der Waals surface area (Å²) < 4.78 is 10.5. The van der Waals surface area contributed by atoms with E-state index in [4.69, 9.17) is 9.47 Å². The molecule has 2 aliphatic heterocycles. The predicted octanol–water partition coefficient (Wildman–Crippen LogP) is 6.05. The molecule has 6 rings (SSSR count). The second-order valence-corrected chi connectivity index (χ2v) is 14.5. The quantitative estimate of drug-likeness (QED) is 0.0798. The number of likely N-dealkylation sites (tertiary alicyclic amines) is 1. The third-order valence-corrected chi connectivity index (χ3v) is 9.91. The van der Waals surface area contributed by atoms with Gasteiger partial charge in [-0.25, -0.2) is 9.59 Å². The van der Waals surface area contributed by atoms with Crippen LogP contribution in [0.3, 0.4) is 0 Å². The summed E-state index contributed by atoms with van der Waals surface area (Å²) in [5, 5.41) is 22.1. The largest absolute Gasteiger partial charge is 0.467 e. The lowest BCUT2D eigenvalue weighted by Crippen LogP contribution is -2.61. The van der Waals surface area contributed by atoms with Gasteiger partial charge in [-0.05, 0) is 62.8 Å². The predicted molar refractivity (Wildman–Crippen MR) is 199 cm³/mol. The Morgan fingerprint density at radius 1 is 0.846 bits per heavy atom. The molecule has 0 aromatic heterocycles. The summed E-state index contributed by atoms with van der Waals surface area (Å²) in [6, 6.07) is 35.9. The Morgan fingerprint density at radius 3 is 1.92 bits per heavy atom. The number of alkyl carbamates (subject to hydrolysis) is 1. The molecule has 272 valence electrons. The van der Waals surface area contributed by atoms with Crippen LogP contribution < -0.4 is 16.0 Å². The molecule has 10 nitrogen and oxygen atoms in total. The summed E-state index contributed by atoms with van der Waals surface area (Å²) in [6.07, 6.45) is 0.195. The fraction of sp³-hybridized carbons (Fsp3) is 0.357. The SMILES string of the molecule is COC(=O)[C@H](CCCCNC(=O)OC(C)(C)C)NC(=O)[C@@H]1C[C@]2(O)c3ccccc3N[C@@H]2N1C(c1ccccc1)(c1ccccc1)c1ccccc1. The Kier molecular flexibility index (Phi) is 10.7. The van der Waals surface area contributed by atoms with Crippen molar-refractivity contribution in [3.05, 3.63) is 138 Å². The highest BCUT2D eigenvalue weighted by atomic mass is 16.6. The van der Waals surface area contributed by atoms with E-state index in [0.29, 0.717) is 24.9 Å². The van der Waals surface area contributed by atoms with Crippen LogP contribution in [-0.2, 0) is 30.2 Å². The van der Waals surface area contributed by atoms with Crippen LogP contribution in [0, 0.1) is 0 Å². The molecule has 2 amide bonds. The number of para-hydroxylation sites is 1. The molecule has 1 saturated heterocycles. The smallest absolute Gasteiger partial charge is 0.407 e. The zero-order valence-electron chi connectivity index (χ0n) is 30.2. The van der Waals surface area contributed by atoms with Crippen molar-refractivity contribution in [2.75, 3.05) is 19.0 Å². The molecule has 4 N–H and O–H groups in total. The van der Waals surface area contributed by atoms with E-state index in [1.165, 1.54) is 7.11 Å². The minimum absolute atomic E-state index is 0.0649. The summed E-state index contributed by atoms with van der Waals surface area (Å²) in [5.74, 6) is -0.975. The summed E-state index contributed by atoms with van der Waals surface area (Å²) in [5.41, 5.74) is 1.12. The third-order valence-electron chi connectivity index (χ3n) is 9.91. The van der Waals surface area contributed by atoms with Crippen LogP contribution in [-0.4, -0.2) is 65.5 Å². The van der Waals surface area contributed by atoms with Crippen LogP contribution in [0.4, 0.5) is 10.5 Å². The molecule has 0 bridgehead atoms. The fourth-order valence-corrected chi connectivity index (χ4v) is 7.76. The lowest BCUT2D eigenvalue weighted by molar-refractivity contribution is -0.146. The van der Waals surface area contributed by atoms with Gasteiger partial charge in [-0.15, -0.1) is 0 Å². The van der Waals surface area contributed by atoms with Gasteiger partial charge in [0.15, 0.2) is 0 Å². The van der Waals surface area contributed by atoms with E-state index in [1.807, 2.05) is 78.9 Å². The normalized spacial score (nSPS) is 20.2. The van der Waals surface area contributed by atoms with Gasteiger partial charge in [-0.2, -0.15) is 0 Å². The number of aliphatic hydroxyl groups is 1. The summed E-state index contributed by atoms with van der Waals surface area (Å²) in [6.45, 7) is 5.74. The lowest BCUT2D eigenvalue weighted by atomic mass is 9.74. The zero-order chi connectivity index (χ0) is 36.9. The number of esters is 1. The molecular weight excluding hydrogens is 656 g/mol. The monoisotopic (exact) mass is 704 g/mol. The van der Waals surface area contributed by atoms with Crippen molar-refractivity contribution in [3.8, 4) is 0 Å². The number of nitrogens with one attached hydrogen (secondary N) is 3. The highest BCUT2D eigenvalue weighted by Crippen LogP contribution is 2.56. The van der Waals surface area contributed by atoms with Crippen molar-refractivity contribution in [3.63, 3.8) is 0 Å². The van der Waals surface area contributed by atoms with Gasteiger partial charge in [0.2, 0.25) is 5.91 Å². The van der Waals surface area contributed by atoms with E-state index >= 15 is 0 Å². The van der Waals surface area contributed by atoms with Crippen molar-refractivity contribution in [2.45, 2.75) is 81.4 Å². The van der Waals surface area contributed by atoms with Crippen LogP contribution in [0.2, 0.25) is 0 Å². The third kappa shape index (κ3) is 7.13. The Hall–Kier alpha value is -5.19. The van der Waals surface area contributed by atoms with E-state index in [2.05, 4.69) is 57.2 Å². The highest BCUT2D eigenvalue weighted by molar-refractivity contribution is 5.89. The fourth-order valence-electron chi connectivity index (χ4n) is 7.76. The number of benzene rings is 4. The molecule has 2 heterocycles. The number of hydrogen-bond donors (Lipinski definition) is 4. The number of hydrogen-bond acceptors (Lipinski definition) is 8. The molecule has 0 aliphatic carbocycles. The lowest BCUT2D eigenvalue weighted by Gasteiger charge is -2.48. The highest BCUT2D eigenvalue weighted by Gasteiger charge is 2.64. The molecule has 4 atom stereocenters. The van der Waals surface area contributed by atoms with Crippen molar-refractivity contribution in [1.29, 1.82) is 0 Å². The van der Waals surface area contributed by atoms with Crippen molar-refractivity contribution in [2.24, 2.45) is 0 Å². The number of anilines is 1. The number of carbonyl (C=O) groups is 3. The van der Waals surface area contributed by atoms with Crippen LogP contribution in [0.1, 0.15) is 68.7 Å². The van der Waals surface area contributed by atoms with Gasteiger partial charge < -0.3 is 30.5 Å². The number of methoxy groups -OCH3 is 1. The molecular formula is C42H48N4O6. The molecule has 52 heavy (non-hydrogen) atoms. The molecule has 4 aromatic rings. The Morgan fingerprint density at radius 2 is 1.38 bits per heavy atom. The maximum atomic E-state index is 14.9. The van der Waals surface area contributed by atoms with E-state index < -0.39 is 53.0 Å². The number of amides is 2. The van der Waals surface area contributed by atoms with Crippen LogP contribution in [0.5, 0.6) is 0 Å². The average molecular weight is 705 g/mol. The number of fused-ring (bicyclic) bond motifs is 3. The summed E-state index contributed by atoms with van der Waals surface area (Å²) in [7, 11) is 1.30. The molecule has 0 radical (unpaired) electrons. The van der Waals surface area contributed by atoms with Crippen molar-refractivity contribution in [1.82, 2.24) is 15.5 Å². The van der Waals surface area contributed by atoms with E-state index in [9.17, 15) is 19.5 Å². The number of unbranched alkanes of at least 4 members (excludes halogenated alkanes) is 1. The number of rotatable bonds is 12.